The van der Waals surface area contributed by atoms with Gasteiger partial charge in [-0.05, 0) is 38.8 Å². The zero-order valence-corrected chi connectivity index (χ0v) is 15.4. The Hall–Kier alpha value is -2.61. The fourth-order valence-electron chi connectivity index (χ4n) is 2.58. The molecule has 3 aromatic rings. The van der Waals surface area contributed by atoms with Gasteiger partial charge in [0.15, 0.2) is 0 Å². The molecule has 26 heavy (non-hydrogen) atoms. The van der Waals surface area contributed by atoms with E-state index in [9.17, 15) is 4.79 Å². The maximum atomic E-state index is 12.4. The Morgan fingerprint density at radius 1 is 1.35 bits per heavy atom. The Morgan fingerprint density at radius 2 is 2.12 bits per heavy atom. The maximum absolute atomic E-state index is 12.4. The quantitative estimate of drug-likeness (QED) is 0.669. The zero-order chi connectivity index (χ0) is 18.1. The average molecular weight is 369 g/mol. The van der Waals surface area contributed by atoms with Gasteiger partial charge in [-0.15, -0.1) is 5.10 Å². The number of benzene rings is 1. The van der Waals surface area contributed by atoms with E-state index in [1.54, 1.807) is 13.0 Å². The van der Waals surface area contributed by atoms with E-state index in [1.807, 2.05) is 41.9 Å². The third-order valence-electron chi connectivity index (χ3n) is 4.08. The number of anilines is 1. The molecule has 1 N–H and O–H groups in total. The number of nitrogens with one attached hydrogen (secondary N) is 1. The van der Waals surface area contributed by atoms with Crippen molar-refractivity contribution in [2.75, 3.05) is 5.32 Å². The van der Waals surface area contributed by atoms with Crippen LogP contribution in [0.2, 0.25) is 0 Å². The monoisotopic (exact) mass is 369 g/mol. The summed E-state index contributed by atoms with van der Waals surface area (Å²) in [5.74, 6) is 1.60. The number of nitrogens with zero attached hydrogens (tertiary/aromatic N) is 4. The lowest BCUT2D eigenvalue weighted by molar-refractivity contribution is -0.115. The van der Waals surface area contributed by atoms with Gasteiger partial charge in [0.2, 0.25) is 16.9 Å². The van der Waals surface area contributed by atoms with Crippen molar-refractivity contribution in [2.24, 2.45) is 0 Å². The highest BCUT2D eigenvalue weighted by Crippen LogP contribution is 2.40. The molecule has 0 saturated heterocycles. The Balaban J connectivity index is 1.50. The molecule has 8 heteroatoms. The SMILES string of the molecule is Cc1cc(NC(=O)C(C)Sc2nc(C3CC3)n(-c3ccccc3)n2)on1. The van der Waals surface area contributed by atoms with Gasteiger partial charge in [-0.3, -0.25) is 10.1 Å². The number of amides is 1. The number of carbonyl (C=O) groups excluding carboxylic acids is 1. The van der Waals surface area contributed by atoms with Gasteiger partial charge in [-0.25, -0.2) is 9.67 Å². The fourth-order valence-corrected chi connectivity index (χ4v) is 3.33. The van der Waals surface area contributed by atoms with Gasteiger partial charge in [0.05, 0.1) is 16.6 Å². The average Bonchev–Trinajstić information content (AvgIpc) is 3.28. The molecule has 2 aromatic heterocycles. The van der Waals surface area contributed by atoms with Crippen molar-refractivity contribution in [1.29, 1.82) is 0 Å². The second kappa shape index (κ2) is 6.95. The molecule has 0 aliphatic heterocycles. The molecule has 1 unspecified atom stereocenters. The molecule has 1 saturated carbocycles. The summed E-state index contributed by atoms with van der Waals surface area (Å²) in [6.07, 6.45) is 2.27. The molecule has 1 fully saturated rings. The van der Waals surface area contributed by atoms with Crippen LogP contribution in [0.5, 0.6) is 0 Å². The summed E-state index contributed by atoms with van der Waals surface area (Å²) in [5.41, 5.74) is 1.71. The van der Waals surface area contributed by atoms with Crippen LogP contribution in [0, 0.1) is 6.92 Å². The van der Waals surface area contributed by atoms with Crippen molar-refractivity contribution in [3.63, 3.8) is 0 Å². The second-order valence-corrected chi connectivity index (χ2v) is 7.66. The minimum atomic E-state index is -0.362. The first-order valence-electron chi connectivity index (χ1n) is 8.53. The number of aryl methyl sites for hydroxylation is 1. The van der Waals surface area contributed by atoms with E-state index in [2.05, 4.69) is 20.6 Å². The summed E-state index contributed by atoms with van der Waals surface area (Å²) in [5, 5.41) is 11.4. The van der Waals surface area contributed by atoms with Gasteiger partial charge in [0, 0.05) is 12.0 Å². The van der Waals surface area contributed by atoms with Gasteiger partial charge in [-0.1, -0.05) is 35.1 Å². The molecule has 0 radical (unpaired) electrons. The van der Waals surface area contributed by atoms with E-state index in [1.165, 1.54) is 11.8 Å². The third-order valence-corrected chi connectivity index (χ3v) is 5.03. The predicted molar refractivity (Wildman–Crippen MR) is 98.5 cm³/mol. The predicted octanol–water partition coefficient (Wildman–Crippen LogP) is 3.56. The maximum Gasteiger partial charge on any atom is 0.240 e. The molecule has 1 aliphatic rings. The van der Waals surface area contributed by atoms with Gasteiger partial charge in [0.25, 0.3) is 0 Å². The molecule has 1 amide bonds. The lowest BCUT2D eigenvalue weighted by atomic mass is 10.3. The minimum Gasteiger partial charge on any atom is -0.338 e. The van der Waals surface area contributed by atoms with Crippen molar-refractivity contribution >= 4 is 23.6 Å². The van der Waals surface area contributed by atoms with E-state index in [0.29, 0.717) is 17.0 Å². The van der Waals surface area contributed by atoms with Crippen LogP contribution in [0.25, 0.3) is 5.69 Å². The fraction of sp³-hybridized carbons (Fsp3) is 0.333. The molecule has 4 rings (SSSR count). The molecule has 0 bridgehead atoms. The number of hydrogen-bond acceptors (Lipinski definition) is 6. The van der Waals surface area contributed by atoms with E-state index < -0.39 is 0 Å². The van der Waals surface area contributed by atoms with Crippen LogP contribution in [0.15, 0.2) is 46.1 Å². The van der Waals surface area contributed by atoms with Crippen molar-refractivity contribution in [1.82, 2.24) is 19.9 Å². The van der Waals surface area contributed by atoms with Crippen LogP contribution in [0.1, 0.15) is 37.2 Å². The Morgan fingerprint density at radius 3 is 2.77 bits per heavy atom. The van der Waals surface area contributed by atoms with Gasteiger partial charge in [-0.2, -0.15) is 0 Å². The topological polar surface area (TPSA) is 85.8 Å². The standard InChI is InChI=1S/C18H19N5O2S/c1-11-10-15(25-22-11)19-17(24)12(2)26-18-20-16(13-8-9-13)23(21-18)14-6-4-3-5-7-14/h3-7,10,12-13H,8-9H2,1-2H3,(H,19,24). The molecule has 2 heterocycles. The summed E-state index contributed by atoms with van der Waals surface area (Å²) >= 11 is 1.34. The molecule has 1 aliphatic carbocycles. The van der Waals surface area contributed by atoms with Crippen molar-refractivity contribution in [3.8, 4) is 5.69 Å². The van der Waals surface area contributed by atoms with Gasteiger partial charge in [0.1, 0.15) is 5.82 Å². The summed E-state index contributed by atoms with van der Waals surface area (Å²) in [7, 11) is 0. The molecule has 7 nitrogen and oxygen atoms in total. The highest BCUT2D eigenvalue weighted by Gasteiger charge is 2.31. The van der Waals surface area contributed by atoms with E-state index in [4.69, 9.17) is 4.52 Å². The van der Waals surface area contributed by atoms with Crippen molar-refractivity contribution in [3.05, 3.63) is 47.9 Å². The highest BCUT2D eigenvalue weighted by atomic mass is 32.2. The molecular weight excluding hydrogens is 350 g/mol. The number of thioether (sulfide) groups is 1. The Labute approximate surface area is 155 Å². The van der Waals surface area contributed by atoms with Gasteiger partial charge < -0.3 is 4.52 Å². The van der Waals surface area contributed by atoms with E-state index in [-0.39, 0.29) is 11.2 Å². The van der Waals surface area contributed by atoms with Crippen molar-refractivity contribution in [2.45, 2.75) is 43.0 Å². The first kappa shape index (κ1) is 16.8. The van der Waals surface area contributed by atoms with Crippen LogP contribution in [-0.2, 0) is 4.79 Å². The molecule has 0 spiro atoms. The van der Waals surface area contributed by atoms with Crippen LogP contribution in [0.3, 0.4) is 0 Å². The Bertz CT molecular complexity index is 917. The lowest BCUT2D eigenvalue weighted by Crippen LogP contribution is -2.22. The first-order chi connectivity index (χ1) is 12.6. The lowest BCUT2D eigenvalue weighted by Gasteiger charge is -2.07. The minimum absolute atomic E-state index is 0.171. The third kappa shape index (κ3) is 3.65. The first-order valence-corrected chi connectivity index (χ1v) is 9.41. The number of para-hydroxylation sites is 1. The normalized spacial score (nSPS) is 15.0. The smallest absolute Gasteiger partial charge is 0.240 e. The number of carbonyl (C=O) groups is 1. The summed E-state index contributed by atoms with van der Waals surface area (Å²) < 4.78 is 6.92. The number of rotatable bonds is 6. The molecule has 134 valence electrons. The molecule has 1 atom stereocenters. The Kier molecular flexibility index (Phi) is 4.50. The van der Waals surface area contributed by atoms with Crippen molar-refractivity contribution < 1.29 is 9.32 Å². The van der Waals surface area contributed by atoms with Crippen LogP contribution in [-0.4, -0.2) is 31.1 Å². The van der Waals surface area contributed by atoms with E-state index >= 15 is 0 Å². The largest absolute Gasteiger partial charge is 0.338 e. The second-order valence-electron chi connectivity index (χ2n) is 6.36. The number of aromatic nitrogens is 4. The highest BCUT2D eigenvalue weighted by molar-refractivity contribution is 8.00. The van der Waals surface area contributed by atoms with Crippen LogP contribution < -0.4 is 5.32 Å². The summed E-state index contributed by atoms with van der Waals surface area (Å²) in [6.45, 7) is 3.63. The van der Waals surface area contributed by atoms with Crippen LogP contribution >= 0.6 is 11.8 Å². The summed E-state index contributed by atoms with van der Waals surface area (Å²) in [6, 6.07) is 11.6. The zero-order valence-electron chi connectivity index (χ0n) is 14.5. The number of hydrogen-bond donors (Lipinski definition) is 1. The van der Waals surface area contributed by atoms with Gasteiger partial charge >= 0.3 is 0 Å². The van der Waals surface area contributed by atoms with Crippen LogP contribution in [0.4, 0.5) is 5.88 Å². The molecular formula is C18H19N5O2S. The molecule has 1 aromatic carbocycles. The van der Waals surface area contributed by atoms with E-state index in [0.717, 1.165) is 30.0 Å². The summed E-state index contributed by atoms with van der Waals surface area (Å²) in [4.78, 5) is 17.0.